The number of fused-ring (bicyclic) bond motifs is 1. The molecule has 3 aromatic heterocycles. The summed E-state index contributed by atoms with van der Waals surface area (Å²) in [6.45, 7) is -0.594. The molecule has 0 fully saturated rings. The van der Waals surface area contributed by atoms with E-state index in [4.69, 9.17) is 11.6 Å². The second kappa shape index (κ2) is 9.67. The van der Waals surface area contributed by atoms with Crippen molar-refractivity contribution in [2.45, 2.75) is 6.54 Å². The van der Waals surface area contributed by atoms with Crippen molar-refractivity contribution in [2.75, 3.05) is 17.7 Å². The summed E-state index contributed by atoms with van der Waals surface area (Å²) in [5.41, 5.74) is -0.791. The fourth-order valence-electron chi connectivity index (χ4n) is 3.88. The van der Waals surface area contributed by atoms with Gasteiger partial charge in [-0.2, -0.15) is 10.1 Å². The maximum absolute atomic E-state index is 14.6. The molecule has 2 aromatic carbocycles. The summed E-state index contributed by atoms with van der Waals surface area (Å²) in [5.74, 6) is -4.08. The Hall–Kier alpha value is -4.65. The Morgan fingerprint density at radius 1 is 1.00 bits per heavy atom. The fourth-order valence-corrected chi connectivity index (χ4v) is 4.09. The van der Waals surface area contributed by atoms with Gasteiger partial charge in [0, 0.05) is 37.3 Å². The van der Waals surface area contributed by atoms with Crippen molar-refractivity contribution in [1.82, 2.24) is 28.9 Å². The van der Waals surface area contributed by atoms with Crippen molar-refractivity contribution in [3.05, 3.63) is 97.9 Å². The molecule has 10 nitrogen and oxygen atoms in total. The first kappa shape index (κ1) is 25.0. The topological polar surface area (TPSA) is 112 Å². The zero-order chi connectivity index (χ0) is 27.1. The molecule has 0 saturated heterocycles. The van der Waals surface area contributed by atoms with Gasteiger partial charge >= 0.3 is 11.4 Å². The van der Waals surface area contributed by atoms with E-state index < -0.39 is 35.4 Å². The number of pyridine rings is 1. The Morgan fingerprint density at radius 2 is 1.76 bits per heavy atom. The van der Waals surface area contributed by atoms with Crippen molar-refractivity contribution in [3.63, 3.8) is 0 Å². The Kier molecular flexibility index (Phi) is 6.36. The molecule has 2 N–H and O–H groups in total. The largest absolute Gasteiger partial charge is 0.387 e. The molecule has 0 spiro atoms. The first-order chi connectivity index (χ1) is 18.1. The van der Waals surface area contributed by atoms with Crippen LogP contribution in [0.2, 0.25) is 5.02 Å². The summed E-state index contributed by atoms with van der Waals surface area (Å²) in [6.07, 6.45) is 4.48. The van der Waals surface area contributed by atoms with E-state index in [1.807, 2.05) is 0 Å². The SMILES string of the molecule is CNc1cncc(-n2c(=O)nc(Nc3cc4cn(C)nc4cc3Cl)n(Cc3cc(F)c(F)cc3F)c2=O)c1. The number of nitrogens with one attached hydrogen (secondary N) is 2. The highest BCUT2D eigenvalue weighted by atomic mass is 35.5. The van der Waals surface area contributed by atoms with Crippen LogP contribution < -0.4 is 22.0 Å². The van der Waals surface area contributed by atoms with Gasteiger partial charge in [0.1, 0.15) is 5.82 Å². The van der Waals surface area contributed by atoms with Crippen molar-refractivity contribution in [3.8, 4) is 5.69 Å². The highest BCUT2D eigenvalue weighted by Gasteiger charge is 2.19. The van der Waals surface area contributed by atoms with Crippen LogP contribution in [0.1, 0.15) is 5.56 Å². The van der Waals surface area contributed by atoms with Crippen molar-refractivity contribution < 1.29 is 13.2 Å². The minimum absolute atomic E-state index is 0.0835. The Balaban J connectivity index is 1.70. The average Bonchev–Trinajstić information content (AvgIpc) is 3.23. The van der Waals surface area contributed by atoms with Gasteiger partial charge in [0.15, 0.2) is 11.6 Å². The summed E-state index contributed by atoms with van der Waals surface area (Å²) in [6, 6.07) is 5.70. The lowest BCUT2D eigenvalue weighted by Crippen LogP contribution is -2.42. The van der Waals surface area contributed by atoms with Crippen LogP contribution in [0.25, 0.3) is 16.6 Å². The molecule has 0 aliphatic heterocycles. The average molecular weight is 543 g/mol. The summed E-state index contributed by atoms with van der Waals surface area (Å²) < 4.78 is 45.3. The lowest BCUT2D eigenvalue weighted by molar-refractivity contribution is 0.487. The van der Waals surface area contributed by atoms with E-state index in [1.54, 1.807) is 37.1 Å². The zero-order valence-electron chi connectivity index (χ0n) is 19.8. The van der Waals surface area contributed by atoms with Crippen LogP contribution in [0.5, 0.6) is 0 Å². The second-order valence-electron chi connectivity index (χ2n) is 8.28. The predicted octanol–water partition coefficient (Wildman–Crippen LogP) is 3.58. The lowest BCUT2D eigenvalue weighted by Gasteiger charge is -2.17. The summed E-state index contributed by atoms with van der Waals surface area (Å²) in [5, 5.41) is 10.9. The monoisotopic (exact) mass is 542 g/mol. The molecule has 0 bridgehead atoms. The third kappa shape index (κ3) is 4.59. The number of halogens is 4. The highest BCUT2D eigenvalue weighted by molar-refractivity contribution is 6.34. The lowest BCUT2D eigenvalue weighted by atomic mass is 10.2. The molecule has 0 unspecified atom stereocenters. The van der Waals surface area contributed by atoms with E-state index in [1.165, 1.54) is 18.5 Å². The van der Waals surface area contributed by atoms with Crippen LogP contribution in [0.15, 0.2) is 58.5 Å². The second-order valence-corrected chi connectivity index (χ2v) is 8.69. The molecule has 14 heteroatoms. The van der Waals surface area contributed by atoms with Gasteiger partial charge in [-0.3, -0.25) is 14.2 Å². The van der Waals surface area contributed by atoms with Crippen LogP contribution >= 0.6 is 11.6 Å². The molecule has 3 heterocycles. The number of rotatable bonds is 6. The van der Waals surface area contributed by atoms with Crippen LogP contribution in [0.4, 0.5) is 30.5 Å². The van der Waals surface area contributed by atoms with Crippen molar-refractivity contribution in [1.29, 1.82) is 0 Å². The van der Waals surface area contributed by atoms with E-state index in [-0.39, 0.29) is 27.9 Å². The van der Waals surface area contributed by atoms with Crippen LogP contribution in [0.3, 0.4) is 0 Å². The Bertz CT molecular complexity index is 1830. The van der Waals surface area contributed by atoms with Gasteiger partial charge in [0.2, 0.25) is 5.95 Å². The normalized spacial score (nSPS) is 11.2. The molecular formula is C24H18ClF3N8O2. The number of hydrogen-bond donors (Lipinski definition) is 2. The van der Waals surface area contributed by atoms with E-state index in [9.17, 15) is 22.8 Å². The quantitative estimate of drug-likeness (QED) is 0.315. The number of aromatic nitrogens is 6. The van der Waals surface area contributed by atoms with E-state index >= 15 is 0 Å². The van der Waals surface area contributed by atoms with E-state index in [2.05, 4.69) is 25.7 Å². The first-order valence-corrected chi connectivity index (χ1v) is 11.4. The van der Waals surface area contributed by atoms with Gasteiger partial charge in [-0.25, -0.2) is 27.3 Å². The van der Waals surface area contributed by atoms with Gasteiger partial charge in [-0.15, -0.1) is 0 Å². The number of aryl methyl sites for hydroxylation is 1. The van der Waals surface area contributed by atoms with Crippen molar-refractivity contribution >= 4 is 39.8 Å². The predicted molar refractivity (Wildman–Crippen MR) is 136 cm³/mol. The van der Waals surface area contributed by atoms with Gasteiger partial charge in [0.25, 0.3) is 0 Å². The first-order valence-electron chi connectivity index (χ1n) is 11.0. The van der Waals surface area contributed by atoms with Crippen LogP contribution in [0, 0.1) is 17.5 Å². The molecule has 38 heavy (non-hydrogen) atoms. The molecule has 194 valence electrons. The molecular weight excluding hydrogens is 525 g/mol. The maximum atomic E-state index is 14.6. The third-order valence-corrected chi connectivity index (χ3v) is 6.03. The van der Waals surface area contributed by atoms with Gasteiger partial charge in [0.05, 0.1) is 46.5 Å². The smallest absolute Gasteiger partial charge is 0.359 e. The van der Waals surface area contributed by atoms with Gasteiger partial charge < -0.3 is 10.6 Å². The molecule has 0 aliphatic carbocycles. The highest BCUT2D eigenvalue weighted by Crippen LogP contribution is 2.29. The molecule has 0 saturated carbocycles. The summed E-state index contributed by atoms with van der Waals surface area (Å²) in [7, 11) is 3.36. The minimum Gasteiger partial charge on any atom is -0.387 e. The number of benzene rings is 2. The van der Waals surface area contributed by atoms with Crippen LogP contribution in [-0.4, -0.2) is 35.9 Å². The molecule has 0 aliphatic rings. The number of nitrogens with zero attached hydrogens (tertiary/aromatic N) is 6. The number of anilines is 3. The van der Waals surface area contributed by atoms with Crippen LogP contribution in [-0.2, 0) is 13.6 Å². The molecule has 5 aromatic rings. The third-order valence-electron chi connectivity index (χ3n) is 5.71. The fraction of sp³-hybridized carbons (Fsp3) is 0.125. The maximum Gasteiger partial charge on any atom is 0.359 e. The minimum atomic E-state index is -1.38. The molecule has 0 radical (unpaired) electrons. The molecule has 0 amide bonds. The van der Waals surface area contributed by atoms with E-state index in [0.29, 0.717) is 28.7 Å². The molecule has 5 rings (SSSR count). The van der Waals surface area contributed by atoms with Crippen molar-refractivity contribution in [2.24, 2.45) is 7.05 Å². The standard InChI is InChI=1S/C24H18ClF3N8O2/c1-29-14-5-15(9-30-8-14)36-23(37)32-22(31-21-4-13-10-34(2)33-20(13)6-16(21)25)35(24(36)38)11-12-3-18(27)19(28)7-17(12)26/h3-10,29H,11H2,1-2H3,(H,31,32,37). The van der Waals surface area contributed by atoms with Gasteiger partial charge in [-0.1, -0.05) is 11.6 Å². The molecule has 0 atom stereocenters. The van der Waals surface area contributed by atoms with Gasteiger partial charge in [-0.05, 0) is 24.3 Å². The summed E-state index contributed by atoms with van der Waals surface area (Å²) in [4.78, 5) is 34.7. The zero-order valence-corrected chi connectivity index (χ0v) is 20.6. The van der Waals surface area contributed by atoms with E-state index in [0.717, 1.165) is 9.13 Å². The summed E-state index contributed by atoms with van der Waals surface area (Å²) >= 11 is 6.40. The Morgan fingerprint density at radius 3 is 2.53 bits per heavy atom. The number of hydrogen-bond acceptors (Lipinski definition) is 7. The Labute approximate surface area is 217 Å².